The summed E-state index contributed by atoms with van der Waals surface area (Å²) in [6.45, 7) is 1.24. The molecule has 3 aromatic rings. The van der Waals surface area contributed by atoms with Crippen LogP contribution in [-0.4, -0.2) is 67.8 Å². The lowest BCUT2D eigenvalue weighted by atomic mass is 9.82. The molecule has 37 heavy (non-hydrogen) atoms. The maximum atomic E-state index is 14.7. The number of alkyl halides is 5. The van der Waals surface area contributed by atoms with Gasteiger partial charge in [0.25, 0.3) is 5.91 Å². The average Bonchev–Trinajstić information content (AvgIpc) is 3.39. The Hall–Kier alpha value is -3.84. The van der Waals surface area contributed by atoms with Crippen LogP contribution >= 0.6 is 0 Å². The van der Waals surface area contributed by atoms with Gasteiger partial charge in [0.15, 0.2) is 5.82 Å². The van der Waals surface area contributed by atoms with E-state index >= 15 is 0 Å². The van der Waals surface area contributed by atoms with E-state index in [-0.39, 0.29) is 60.2 Å². The lowest BCUT2D eigenvalue weighted by molar-refractivity contribution is -0.139. The number of nitrogens with two attached hydrogens (primary N) is 1. The first-order chi connectivity index (χ1) is 17.4. The number of halogens is 5. The first kappa shape index (κ1) is 24.8. The Kier molecular flexibility index (Phi) is 5.99. The number of likely N-dealkylation sites (tertiary alicyclic amines) is 1. The Bertz CT molecular complexity index is 1390. The molecule has 3 aromatic heterocycles. The molecule has 9 nitrogen and oxygen atoms in total. The molecule has 2 amide bonds. The molecule has 0 spiro atoms. The molecule has 2 atom stereocenters. The summed E-state index contributed by atoms with van der Waals surface area (Å²) in [5.41, 5.74) is 4.60. The lowest BCUT2D eigenvalue weighted by Gasteiger charge is -2.31. The van der Waals surface area contributed by atoms with Crippen molar-refractivity contribution in [2.75, 3.05) is 18.8 Å². The molecule has 5 rings (SSSR count). The van der Waals surface area contributed by atoms with Gasteiger partial charge in [-0.2, -0.15) is 18.3 Å². The second-order valence-corrected chi connectivity index (χ2v) is 9.31. The molecule has 3 N–H and O–H groups in total. The lowest BCUT2D eigenvalue weighted by Crippen LogP contribution is -2.44. The topological polar surface area (TPSA) is 119 Å². The molecule has 0 aromatic carbocycles. The van der Waals surface area contributed by atoms with Crippen LogP contribution in [0.25, 0.3) is 16.8 Å². The Morgan fingerprint density at radius 1 is 1.14 bits per heavy atom. The largest absolute Gasteiger partial charge is 0.418 e. The number of fused-ring (bicyclic) bond motifs is 1. The zero-order valence-corrected chi connectivity index (χ0v) is 19.5. The van der Waals surface area contributed by atoms with Crippen LogP contribution in [-0.2, 0) is 11.0 Å². The number of rotatable bonds is 4. The van der Waals surface area contributed by atoms with Gasteiger partial charge >= 0.3 is 6.18 Å². The van der Waals surface area contributed by atoms with Crippen LogP contribution in [0.2, 0.25) is 0 Å². The number of hydrogen-bond donors (Lipinski definition) is 2. The second kappa shape index (κ2) is 8.92. The van der Waals surface area contributed by atoms with Gasteiger partial charge in [-0.05, 0) is 31.9 Å². The van der Waals surface area contributed by atoms with Crippen molar-refractivity contribution in [2.45, 2.75) is 44.3 Å². The fourth-order valence-corrected chi connectivity index (χ4v) is 4.73. The van der Waals surface area contributed by atoms with Crippen LogP contribution in [0.4, 0.5) is 27.8 Å². The third kappa shape index (κ3) is 4.44. The third-order valence-corrected chi connectivity index (χ3v) is 6.82. The summed E-state index contributed by atoms with van der Waals surface area (Å²) < 4.78 is 69.7. The molecule has 196 valence electrons. The number of nitrogen functional groups attached to an aromatic ring is 1. The number of pyridine rings is 1. The minimum Gasteiger partial charge on any atom is -0.382 e. The van der Waals surface area contributed by atoms with Gasteiger partial charge in [-0.25, -0.2) is 18.3 Å². The zero-order valence-electron chi connectivity index (χ0n) is 19.5. The number of nitrogens with zero attached hydrogens (tertiary/aromatic N) is 5. The Labute approximate surface area is 206 Å². The van der Waals surface area contributed by atoms with E-state index in [0.29, 0.717) is 0 Å². The number of anilines is 1. The third-order valence-electron chi connectivity index (χ3n) is 6.82. The molecule has 1 saturated carbocycles. The van der Waals surface area contributed by atoms with Gasteiger partial charge < -0.3 is 16.0 Å². The van der Waals surface area contributed by atoms with E-state index in [1.807, 2.05) is 0 Å². The van der Waals surface area contributed by atoms with Crippen LogP contribution in [0.1, 0.15) is 34.5 Å². The molecule has 0 radical (unpaired) electrons. The van der Waals surface area contributed by atoms with Crippen molar-refractivity contribution in [1.29, 1.82) is 0 Å². The molecular weight excluding hydrogens is 501 g/mol. The van der Waals surface area contributed by atoms with Gasteiger partial charge in [-0.1, -0.05) is 0 Å². The first-order valence-electron chi connectivity index (χ1n) is 11.5. The fourth-order valence-electron chi connectivity index (χ4n) is 4.73. The fraction of sp³-hybridized carbons (Fsp3) is 0.435. The number of carbonyl (C=O) groups is 2. The van der Waals surface area contributed by atoms with Crippen molar-refractivity contribution in [3.63, 3.8) is 0 Å². The molecule has 0 bridgehead atoms. The van der Waals surface area contributed by atoms with E-state index in [9.17, 15) is 31.5 Å². The van der Waals surface area contributed by atoms with E-state index in [1.54, 1.807) is 0 Å². The van der Waals surface area contributed by atoms with Gasteiger partial charge in [0, 0.05) is 24.2 Å². The second-order valence-electron chi connectivity index (χ2n) is 9.31. The molecule has 14 heteroatoms. The molecule has 4 heterocycles. The van der Waals surface area contributed by atoms with Gasteiger partial charge in [0.05, 0.1) is 35.1 Å². The highest BCUT2D eigenvalue weighted by Crippen LogP contribution is 2.38. The smallest absolute Gasteiger partial charge is 0.382 e. The van der Waals surface area contributed by atoms with Crippen molar-refractivity contribution < 1.29 is 31.5 Å². The standard InChI is InChI=1S/C23H22F5N7O2/c1-10-14(21(36)33-17-8-34(7-16(17)25)22(37)11-2-13(24)3-11)4-12(6-30-10)18-5-15(23(26,27)28)19-20(29)31-9-32-35(18)19/h4-6,9,11,13,16-17H,2-3,7-8H2,1H3,(H,33,36)(H2,29,31,32). The van der Waals surface area contributed by atoms with Gasteiger partial charge in [-0.15, -0.1) is 0 Å². The number of aromatic nitrogens is 4. The number of nitrogens with one attached hydrogen (secondary N) is 1. The van der Waals surface area contributed by atoms with E-state index in [1.165, 1.54) is 24.1 Å². The van der Waals surface area contributed by atoms with Crippen LogP contribution in [0.15, 0.2) is 24.7 Å². The van der Waals surface area contributed by atoms with Gasteiger partial charge in [-0.3, -0.25) is 14.6 Å². The SMILES string of the molecule is Cc1ncc(-c2cc(C(F)(F)F)c3c(N)ncnn23)cc1C(=O)NC1CN(C(=O)C2CC(F)C2)CC1F. The van der Waals surface area contributed by atoms with Crippen LogP contribution in [0.3, 0.4) is 0 Å². The number of aryl methyl sites for hydroxylation is 1. The van der Waals surface area contributed by atoms with Gasteiger partial charge in [0.1, 0.15) is 24.2 Å². The van der Waals surface area contributed by atoms with Crippen LogP contribution in [0.5, 0.6) is 0 Å². The van der Waals surface area contributed by atoms with Crippen LogP contribution in [0, 0.1) is 12.8 Å². The highest BCUT2D eigenvalue weighted by molar-refractivity contribution is 5.97. The molecule has 2 unspecified atom stereocenters. The van der Waals surface area contributed by atoms with E-state index in [0.717, 1.165) is 16.9 Å². The molecule has 2 aliphatic rings. The Morgan fingerprint density at radius 2 is 1.86 bits per heavy atom. The van der Waals surface area contributed by atoms with Gasteiger partial charge in [0.2, 0.25) is 5.91 Å². The predicted octanol–water partition coefficient (Wildman–Crippen LogP) is 2.73. The number of hydrogen-bond acceptors (Lipinski definition) is 6. The summed E-state index contributed by atoms with van der Waals surface area (Å²) in [4.78, 5) is 34.6. The summed E-state index contributed by atoms with van der Waals surface area (Å²) in [6, 6.07) is 1.17. The highest BCUT2D eigenvalue weighted by Gasteiger charge is 2.43. The van der Waals surface area contributed by atoms with E-state index in [2.05, 4.69) is 20.4 Å². The summed E-state index contributed by atoms with van der Waals surface area (Å²) in [5.74, 6) is -1.89. The maximum Gasteiger partial charge on any atom is 0.418 e. The summed E-state index contributed by atoms with van der Waals surface area (Å²) in [5, 5.41) is 6.44. The maximum absolute atomic E-state index is 14.7. The van der Waals surface area contributed by atoms with Crippen molar-refractivity contribution >= 4 is 23.1 Å². The molecular formula is C23H22F5N7O2. The number of amides is 2. The van der Waals surface area contributed by atoms with Crippen molar-refractivity contribution in [3.8, 4) is 11.3 Å². The first-order valence-corrected chi connectivity index (χ1v) is 11.5. The van der Waals surface area contributed by atoms with E-state index < -0.39 is 47.5 Å². The van der Waals surface area contributed by atoms with E-state index in [4.69, 9.17) is 5.73 Å². The summed E-state index contributed by atoms with van der Waals surface area (Å²) in [6.07, 6.45) is -4.78. The number of carbonyl (C=O) groups excluding carboxylic acids is 2. The van der Waals surface area contributed by atoms with Crippen molar-refractivity contribution in [1.82, 2.24) is 29.8 Å². The average molecular weight is 523 g/mol. The highest BCUT2D eigenvalue weighted by atomic mass is 19.4. The van der Waals surface area contributed by atoms with Crippen molar-refractivity contribution in [2.24, 2.45) is 5.92 Å². The van der Waals surface area contributed by atoms with Crippen molar-refractivity contribution in [3.05, 3.63) is 41.5 Å². The summed E-state index contributed by atoms with van der Waals surface area (Å²) in [7, 11) is 0. The zero-order chi connectivity index (χ0) is 26.6. The quantitative estimate of drug-likeness (QED) is 0.508. The minimum atomic E-state index is -4.74. The predicted molar refractivity (Wildman–Crippen MR) is 121 cm³/mol. The van der Waals surface area contributed by atoms with Crippen LogP contribution < -0.4 is 11.1 Å². The molecule has 1 saturated heterocycles. The monoisotopic (exact) mass is 523 g/mol. The molecule has 1 aliphatic carbocycles. The molecule has 1 aliphatic heterocycles. The molecule has 2 fully saturated rings. The Morgan fingerprint density at radius 3 is 2.54 bits per heavy atom. The Balaban J connectivity index is 1.40. The minimum absolute atomic E-state index is 0.0132. The summed E-state index contributed by atoms with van der Waals surface area (Å²) >= 11 is 0. The normalized spacial score (nSPS) is 23.8.